The van der Waals surface area contributed by atoms with Crippen LogP contribution in [0.15, 0.2) is 22.7 Å². The molecule has 0 spiro atoms. The van der Waals surface area contributed by atoms with Gasteiger partial charge in [-0.05, 0) is 41.4 Å². The fourth-order valence-electron chi connectivity index (χ4n) is 2.53. The van der Waals surface area contributed by atoms with E-state index in [2.05, 4.69) is 35.1 Å². The molecular weight excluding hydrogens is 325 g/mol. The molecule has 0 aromatic heterocycles. The number of benzene rings is 1. The molecule has 1 aromatic rings. The number of halogens is 2. The number of hydrogen-bond acceptors (Lipinski definition) is 2. The number of nitrogens with one attached hydrogen (secondary N) is 1. The van der Waals surface area contributed by atoms with Crippen molar-refractivity contribution in [1.82, 2.24) is 5.32 Å². The van der Waals surface area contributed by atoms with E-state index in [1.807, 2.05) is 6.92 Å². The molecule has 0 heterocycles. The summed E-state index contributed by atoms with van der Waals surface area (Å²) in [6, 6.07) is 4.50. The monoisotopic (exact) mass is 343 g/mol. The maximum Gasteiger partial charge on any atom is 0.252 e. The Morgan fingerprint density at radius 2 is 2.25 bits per heavy atom. The Labute approximate surface area is 127 Å². The molecule has 2 rings (SSSR count). The molecule has 5 heteroatoms. The highest BCUT2D eigenvalue weighted by molar-refractivity contribution is 9.10. The highest BCUT2D eigenvalue weighted by Gasteiger charge is 2.49. The summed E-state index contributed by atoms with van der Waals surface area (Å²) in [5.41, 5.74) is 0.214. The molecule has 1 fully saturated rings. The summed E-state index contributed by atoms with van der Waals surface area (Å²) in [5, 5.41) is 2.96. The second-order valence-electron chi connectivity index (χ2n) is 5.63. The van der Waals surface area contributed by atoms with Crippen LogP contribution >= 0.6 is 15.9 Å². The van der Waals surface area contributed by atoms with Crippen LogP contribution < -0.4 is 5.32 Å². The summed E-state index contributed by atoms with van der Waals surface area (Å²) in [4.78, 5) is 12.2. The van der Waals surface area contributed by atoms with Gasteiger partial charge in [0.25, 0.3) is 5.91 Å². The van der Waals surface area contributed by atoms with E-state index in [0.29, 0.717) is 12.2 Å². The van der Waals surface area contributed by atoms with Crippen molar-refractivity contribution in [2.24, 2.45) is 5.41 Å². The predicted octanol–water partition coefficient (Wildman–Crippen LogP) is 3.52. The third-order valence-electron chi connectivity index (χ3n) is 4.05. The normalized spacial score (nSPS) is 24.1. The number of ether oxygens (including phenoxy) is 1. The zero-order valence-electron chi connectivity index (χ0n) is 11.9. The van der Waals surface area contributed by atoms with Gasteiger partial charge in [0, 0.05) is 18.1 Å². The van der Waals surface area contributed by atoms with E-state index in [1.54, 1.807) is 6.07 Å². The van der Waals surface area contributed by atoms with Gasteiger partial charge in [-0.15, -0.1) is 0 Å². The van der Waals surface area contributed by atoms with Gasteiger partial charge in [-0.1, -0.05) is 19.9 Å². The highest BCUT2D eigenvalue weighted by atomic mass is 79.9. The van der Waals surface area contributed by atoms with Gasteiger partial charge in [-0.3, -0.25) is 4.79 Å². The zero-order chi connectivity index (χ0) is 14.9. The first-order valence-corrected chi connectivity index (χ1v) is 7.53. The van der Waals surface area contributed by atoms with Gasteiger partial charge in [0.15, 0.2) is 0 Å². The summed E-state index contributed by atoms with van der Waals surface area (Å²) in [5.74, 6) is -0.692. The van der Waals surface area contributed by atoms with Crippen LogP contribution in [0.25, 0.3) is 0 Å². The molecule has 0 radical (unpaired) electrons. The first kappa shape index (κ1) is 15.4. The van der Waals surface area contributed by atoms with Crippen molar-refractivity contribution in [3.63, 3.8) is 0 Å². The highest BCUT2D eigenvalue weighted by Crippen LogP contribution is 2.42. The Bertz CT molecular complexity index is 519. The van der Waals surface area contributed by atoms with Gasteiger partial charge in [0.1, 0.15) is 5.82 Å². The van der Waals surface area contributed by atoms with Crippen LogP contribution in [0.2, 0.25) is 0 Å². The fraction of sp³-hybridized carbons (Fsp3) is 0.533. The Hall–Kier alpha value is -0.940. The van der Waals surface area contributed by atoms with Gasteiger partial charge in [0.05, 0.1) is 16.1 Å². The number of rotatable bonds is 4. The van der Waals surface area contributed by atoms with E-state index < -0.39 is 5.82 Å². The van der Waals surface area contributed by atoms with Gasteiger partial charge in [0.2, 0.25) is 0 Å². The van der Waals surface area contributed by atoms with Crippen molar-refractivity contribution in [2.75, 3.05) is 6.61 Å². The van der Waals surface area contributed by atoms with Crippen molar-refractivity contribution >= 4 is 21.8 Å². The number of hydrogen-bond donors (Lipinski definition) is 1. The third-order valence-corrected chi connectivity index (χ3v) is 4.85. The molecule has 0 saturated heterocycles. The molecular formula is C15H19BrFNO2. The largest absolute Gasteiger partial charge is 0.378 e. The topological polar surface area (TPSA) is 38.3 Å². The van der Waals surface area contributed by atoms with E-state index in [1.165, 1.54) is 12.1 Å². The molecule has 20 heavy (non-hydrogen) atoms. The van der Waals surface area contributed by atoms with Crippen LogP contribution in [0, 0.1) is 11.2 Å². The Kier molecular flexibility index (Phi) is 4.49. The van der Waals surface area contributed by atoms with Gasteiger partial charge in [-0.25, -0.2) is 4.39 Å². The lowest BCUT2D eigenvalue weighted by molar-refractivity contribution is -0.111. The number of carbonyl (C=O) groups excluding carboxylic acids is 1. The molecule has 0 bridgehead atoms. The Morgan fingerprint density at radius 3 is 2.85 bits per heavy atom. The molecule has 3 nitrogen and oxygen atoms in total. The lowest BCUT2D eigenvalue weighted by Crippen LogP contribution is -2.62. The second kappa shape index (κ2) is 5.82. The molecule has 110 valence electrons. The summed E-state index contributed by atoms with van der Waals surface area (Å²) < 4.78 is 19.3. The molecule has 1 aliphatic carbocycles. The average molecular weight is 344 g/mol. The lowest BCUT2D eigenvalue weighted by atomic mass is 9.64. The van der Waals surface area contributed by atoms with Crippen molar-refractivity contribution in [1.29, 1.82) is 0 Å². The first-order chi connectivity index (χ1) is 9.37. The zero-order valence-corrected chi connectivity index (χ0v) is 13.5. The fourth-order valence-corrected chi connectivity index (χ4v) is 2.97. The molecule has 1 saturated carbocycles. The average Bonchev–Trinajstić information content (AvgIpc) is 2.40. The van der Waals surface area contributed by atoms with E-state index >= 15 is 0 Å². The summed E-state index contributed by atoms with van der Waals surface area (Å²) in [6.45, 7) is 6.78. The maximum absolute atomic E-state index is 13.4. The third kappa shape index (κ3) is 2.74. The van der Waals surface area contributed by atoms with E-state index in [-0.39, 0.29) is 27.9 Å². The van der Waals surface area contributed by atoms with E-state index in [4.69, 9.17) is 4.74 Å². The summed E-state index contributed by atoms with van der Waals surface area (Å²) >= 11 is 3.12. The van der Waals surface area contributed by atoms with Gasteiger partial charge >= 0.3 is 0 Å². The lowest BCUT2D eigenvalue weighted by Gasteiger charge is -2.51. The van der Waals surface area contributed by atoms with E-state index in [0.717, 1.165) is 6.42 Å². The molecule has 1 N–H and O–H groups in total. The molecule has 2 unspecified atom stereocenters. The van der Waals surface area contributed by atoms with Crippen LogP contribution in [0.4, 0.5) is 4.39 Å². The summed E-state index contributed by atoms with van der Waals surface area (Å²) in [6.07, 6.45) is 0.952. The maximum atomic E-state index is 13.4. The smallest absolute Gasteiger partial charge is 0.252 e. The molecule has 0 aliphatic heterocycles. The van der Waals surface area contributed by atoms with Crippen molar-refractivity contribution < 1.29 is 13.9 Å². The minimum Gasteiger partial charge on any atom is -0.378 e. The van der Waals surface area contributed by atoms with Crippen molar-refractivity contribution in [3.05, 3.63) is 34.1 Å². The van der Waals surface area contributed by atoms with Crippen LogP contribution in [0.1, 0.15) is 37.6 Å². The number of amides is 1. The van der Waals surface area contributed by atoms with Crippen LogP contribution in [-0.4, -0.2) is 24.7 Å². The predicted molar refractivity (Wildman–Crippen MR) is 79.2 cm³/mol. The first-order valence-electron chi connectivity index (χ1n) is 6.74. The van der Waals surface area contributed by atoms with Gasteiger partial charge in [-0.2, -0.15) is 0 Å². The standard InChI is InChI=1S/C15H19BrFNO2/c1-4-20-12-8-11(15(12,2)3)18-14(19)9-6-5-7-10(17)13(9)16/h5-7,11-12H,4,8H2,1-3H3,(H,18,19). The Morgan fingerprint density at radius 1 is 1.55 bits per heavy atom. The van der Waals surface area contributed by atoms with Crippen LogP contribution in [-0.2, 0) is 4.74 Å². The quantitative estimate of drug-likeness (QED) is 0.908. The number of carbonyl (C=O) groups is 1. The molecule has 1 amide bonds. The van der Waals surface area contributed by atoms with Crippen molar-refractivity contribution in [3.8, 4) is 0 Å². The SMILES string of the molecule is CCOC1CC(NC(=O)c2cccc(F)c2Br)C1(C)C. The summed E-state index contributed by atoms with van der Waals surface area (Å²) in [7, 11) is 0. The molecule has 1 aromatic carbocycles. The Balaban J connectivity index is 2.05. The van der Waals surface area contributed by atoms with Gasteiger partial charge < -0.3 is 10.1 Å². The second-order valence-corrected chi connectivity index (χ2v) is 6.42. The van der Waals surface area contributed by atoms with Crippen LogP contribution in [0.5, 0.6) is 0 Å². The minimum absolute atomic E-state index is 0.0433. The van der Waals surface area contributed by atoms with Crippen molar-refractivity contribution in [2.45, 2.75) is 39.3 Å². The van der Waals surface area contributed by atoms with Crippen LogP contribution in [0.3, 0.4) is 0 Å². The minimum atomic E-state index is -0.433. The van der Waals surface area contributed by atoms with E-state index in [9.17, 15) is 9.18 Å². The molecule has 2 atom stereocenters. The molecule has 1 aliphatic rings.